The van der Waals surface area contributed by atoms with Gasteiger partial charge < -0.3 is 0 Å². The van der Waals surface area contributed by atoms with Gasteiger partial charge in [-0.15, -0.1) is 0 Å². The molecule has 2 rings (SSSR count). The highest BCUT2D eigenvalue weighted by molar-refractivity contribution is 9.08. The minimum absolute atomic E-state index is 0.146. The first-order chi connectivity index (χ1) is 9.33. The van der Waals surface area contributed by atoms with E-state index >= 15 is 0 Å². The van der Waals surface area contributed by atoms with Crippen molar-refractivity contribution in [3.63, 3.8) is 0 Å². The van der Waals surface area contributed by atoms with Crippen LogP contribution < -0.4 is 0 Å². The van der Waals surface area contributed by atoms with Crippen LogP contribution in [0.5, 0.6) is 0 Å². The highest BCUT2D eigenvalue weighted by Gasteiger charge is 2.02. The van der Waals surface area contributed by atoms with Crippen molar-refractivity contribution in [2.75, 3.05) is 0 Å². The Labute approximate surface area is 128 Å². The molecule has 2 aromatic carbocycles. The second-order valence-corrected chi connectivity index (χ2v) is 5.52. The van der Waals surface area contributed by atoms with E-state index in [1.807, 2.05) is 33.8 Å². The van der Waals surface area contributed by atoms with Crippen molar-refractivity contribution >= 4 is 15.9 Å². The lowest BCUT2D eigenvalue weighted by atomic mass is 10.0. The molecule has 108 valence electrons. The third-order valence-electron chi connectivity index (χ3n) is 2.98. The normalized spacial score (nSPS) is 9.95. The van der Waals surface area contributed by atoms with Gasteiger partial charge in [0, 0.05) is 5.33 Å². The summed E-state index contributed by atoms with van der Waals surface area (Å²) in [6.07, 6.45) is 0. The van der Waals surface area contributed by atoms with Crippen LogP contribution in [0, 0.1) is 39.3 Å². The molecule has 3 heteroatoms. The zero-order valence-corrected chi connectivity index (χ0v) is 13.8. The van der Waals surface area contributed by atoms with Gasteiger partial charge >= 0.3 is 0 Å². The standard InChI is InChI=1S/C9H10BrF.C8H9F/c1-6-3-8(11)4-7(2)9(6)5-10;1-6-3-7(2)5-8(9)4-6/h3-4H,5H2,1-2H3;3-5H,1-2H3. The molecule has 0 heterocycles. The predicted octanol–water partition coefficient (Wildman–Crippen LogP) is 5.78. The van der Waals surface area contributed by atoms with Crippen molar-refractivity contribution < 1.29 is 8.78 Å². The fourth-order valence-corrected chi connectivity index (χ4v) is 2.95. The lowest BCUT2D eigenvalue weighted by Crippen LogP contribution is -1.91. The number of hydrogen-bond donors (Lipinski definition) is 0. The van der Waals surface area contributed by atoms with Gasteiger partial charge in [-0.05, 0) is 79.8 Å². The van der Waals surface area contributed by atoms with E-state index < -0.39 is 0 Å². The molecule has 0 saturated carbocycles. The van der Waals surface area contributed by atoms with Crippen molar-refractivity contribution in [1.29, 1.82) is 0 Å². The molecule has 0 radical (unpaired) electrons. The summed E-state index contributed by atoms with van der Waals surface area (Å²) in [4.78, 5) is 0. The number of rotatable bonds is 1. The number of hydrogen-bond acceptors (Lipinski definition) is 0. The third kappa shape index (κ3) is 5.04. The van der Waals surface area contributed by atoms with Crippen LogP contribution in [0.25, 0.3) is 0 Å². The van der Waals surface area contributed by atoms with Crippen LogP contribution in [-0.4, -0.2) is 0 Å². The van der Waals surface area contributed by atoms with Crippen molar-refractivity contribution in [1.82, 2.24) is 0 Å². The maximum absolute atomic E-state index is 12.7. The molecule has 0 bridgehead atoms. The second-order valence-electron chi connectivity index (χ2n) is 4.96. The summed E-state index contributed by atoms with van der Waals surface area (Å²) in [5.41, 5.74) is 5.17. The molecule has 2 aromatic rings. The van der Waals surface area contributed by atoms with Gasteiger partial charge in [0.2, 0.25) is 0 Å². The molecule has 0 aliphatic rings. The van der Waals surface area contributed by atoms with Gasteiger partial charge in [0.25, 0.3) is 0 Å². The molecule has 0 aliphatic heterocycles. The molecule has 0 N–H and O–H groups in total. The first-order valence-corrected chi connectivity index (χ1v) is 7.51. The highest BCUT2D eigenvalue weighted by atomic mass is 79.9. The molecule has 0 saturated heterocycles. The molecule has 0 amide bonds. The first-order valence-electron chi connectivity index (χ1n) is 6.39. The van der Waals surface area contributed by atoms with Crippen LogP contribution in [-0.2, 0) is 5.33 Å². The summed E-state index contributed by atoms with van der Waals surface area (Å²) in [6.45, 7) is 7.62. The van der Waals surface area contributed by atoms with Crippen LogP contribution in [0.4, 0.5) is 8.78 Å². The van der Waals surface area contributed by atoms with Gasteiger partial charge in [0.1, 0.15) is 11.6 Å². The van der Waals surface area contributed by atoms with E-state index in [9.17, 15) is 8.78 Å². The molecule has 0 aliphatic carbocycles. The van der Waals surface area contributed by atoms with Crippen molar-refractivity contribution in [3.8, 4) is 0 Å². The quantitative estimate of drug-likeness (QED) is 0.577. The minimum atomic E-state index is -0.148. The summed E-state index contributed by atoms with van der Waals surface area (Å²) >= 11 is 3.36. The van der Waals surface area contributed by atoms with Crippen LogP contribution in [0.15, 0.2) is 30.3 Å². The summed E-state index contributed by atoms with van der Waals surface area (Å²) in [7, 11) is 0. The molecule has 20 heavy (non-hydrogen) atoms. The smallest absolute Gasteiger partial charge is 0.123 e. The Hall–Kier alpha value is -1.22. The zero-order chi connectivity index (χ0) is 15.3. The van der Waals surface area contributed by atoms with Gasteiger partial charge in [-0.2, -0.15) is 0 Å². The Balaban J connectivity index is 0.000000204. The number of halogens is 3. The van der Waals surface area contributed by atoms with Crippen molar-refractivity contribution in [3.05, 3.63) is 69.8 Å². The van der Waals surface area contributed by atoms with Gasteiger partial charge in [-0.25, -0.2) is 8.78 Å². The van der Waals surface area contributed by atoms with E-state index in [2.05, 4.69) is 15.9 Å². The molecule has 0 atom stereocenters. The van der Waals surface area contributed by atoms with Gasteiger partial charge in [-0.3, -0.25) is 0 Å². The molecule has 0 nitrogen and oxygen atoms in total. The third-order valence-corrected chi connectivity index (χ3v) is 3.54. The lowest BCUT2D eigenvalue weighted by Gasteiger charge is -2.05. The highest BCUT2D eigenvalue weighted by Crippen LogP contribution is 2.18. The number of aryl methyl sites for hydroxylation is 4. The number of benzene rings is 2. The van der Waals surface area contributed by atoms with E-state index in [4.69, 9.17) is 0 Å². The molecule has 0 unspecified atom stereocenters. The fourth-order valence-electron chi connectivity index (χ4n) is 2.07. The summed E-state index contributed by atoms with van der Waals surface area (Å²) in [6, 6.07) is 8.11. The van der Waals surface area contributed by atoms with Crippen LogP contribution in [0.2, 0.25) is 0 Å². The Kier molecular flexibility index (Phi) is 6.34. The van der Waals surface area contributed by atoms with Crippen molar-refractivity contribution in [2.24, 2.45) is 0 Å². The first kappa shape index (κ1) is 16.8. The average Bonchev–Trinajstić information content (AvgIpc) is 2.26. The van der Waals surface area contributed by atoms with Gasteiger partial charge in [0.15, 0.2) is 0 Å². The largest absolute Gasteiger partial charge is 0.207 e. The summed E-state index contributed by atoms with van der Waals surface area (Å²) in [5.74, 6) is -0.294. The fraction of sp³-hybridized carbons (Fsp3) is 0.294. The molecule has 0 aromatic heterocycles. The van der Waals surface area contributed by atoms with Crippen molar-refractivity contribution in [2.45, 2.75) is 33.0 Å². The Bertz CT molecular complexity index is 518. The Morgan fingerprint density at radius 3 is 1.50 bits per heavy atom. The molecule has 0 spiro atoms. The van der Waals surface area contributed by atoms with E-state index in [1.54, 1.807) is 12.1 Å². The monoisotopic (exact) mass is 340 g/mol. The van der Waals surface area contributed by atoms with E-state index in [0.29, 0.717) is 0 Å². The minimum Gasteiger partial charge on any atom is -0.207 e. The second kappa shape index (κ2) is 7.53. The zero-order valence-electron chi connectivity index (χ0n) is 12.2. The Morgan fingerprint density at radius 2 is 1.15 bits per heavy atom. The van der Waals surface area contributed by atoms with Crippen LogP contribution >= 0.6 is 15.9 Å². The van der Waals surface area contributed by atoms with E-state index in [1.165, 1.54) is 17.7 Å². The van der Waals surface area contributed by atoms with E-state index in [-0.39, 0.29) is 11.6 Å². The maximum atomic E-state index is 12.7. The number of alkyl halides is 1. The molecular formula is C17H19BrF2. The van der Waals surface area contributed by atoms with Crippen LogP contribution in [0.1, 0.15) is 27.8 Å². The topological polar surface area (TPSA) is 0 Å². The average molecular weight is 341 g/mol. The van der Waals surface area contributed by atoms with Gasteiger partial charge in [-0.1, -0.05) is 22.0 Å². The van der Waals surface area contributed by atoms with Crippen LogP contribution in [0.3, 0.4) is 0 Å². The van der Waals surface area contributed by atoms with E-state index in [0.717, 1.165) is 27.6 Å². The van der Waals surface area contributed by atoms with Gasteiger partial charge in [0.05, 0.1) is 0 Å². The summed E-state index contributed by atoms with van der Waals surface area (Å²) in [5, 5.41) is 0.797. The Morgan fingerprint density at radius 1 is 0.750 bits per heavy atom. The molecule has 0 fully saturated rings. The lowest BCUT2D eigenvalue weighted by molar-refractivity contribution is 0.624. The SMILES string of the molecule is Cc1cc(C)cc(F)c1.Cc1cc(F)cc(C)c1CBr. The molecular weight excluding hydrogens is 322 g/mol. The summed E-state index contributed by atoms with van der Waals surface area (Å²) < 4.78 is 25.2. The predicted molar refractivity (Wildman–Crippen MR) is 84.4 cm³/mol. The maximum Gasteiger partial charge on any atom is 0.123 e.